The van der Waals surface area contributed by atoms with Crippen LogP contribution in [-0.4, -0.2) is 47.0 Å². The highest BCUT2D eigenvalue weighted by atomic mass is 16.3. The van der Waals surface area contributed by atoms with Crippen molar-refractivity contribution in [2.24, 2.45) is 11.3 Å². The topological polar surface area (TPSA) is 43.7 Å². The number of rotatable bonds is 2. The summed E-state index contributed by atoms with van der Waals surface area (Å²) in [5, 5.41) is 19.8. The lowest BCUT2D eigenvalue weighted by atomic mass is 9.59. The number of aliphatic hydroxyl groups excluding tert-OH is 1. The number of hydrogen-bond acceptors (Lipinski definition) is 3. The van der Waals surface area contributed by atoms with Crippen LogP contribution < -0.4 is 0 Å². The molecule has 3 aliphatic heterocycles. The molecule has 2 N–H and O–H groups in total. The first-order valence-corrected chi connectivity index (χ1v) is 5.55. The van der Waals surface area contributed by atoms with Crippen LogP contribution in [0.2, 0.25) is 0 Å². The van der Waals surface area contributed by atoms with E-state index in [0.717, 1.165) is 32.5 Å². The molecule has 2 bridgehead atoms. The molecule has 0 amide bonds. The van der Waals surface area contributed by atoms with Gasteiger partial charge in [-0.15, -0.1) is 0 Å². The molecule has 0 radical (unpaired) electrons. The molecule has 0 saturated carbocycles. The van der Waals surface area contributed by atoms with E-state index in [-0.39, 0.29) is 12.0 Å². The van der Waals surface area contributed by atoms with Gasteiger partial charge in [-0.05, 0) is 45.7 Å². The minimum absolute atomic E-state index is 0.109. The van der Waals surface area contributed by atoms with Gasteiger partial charge in [0.2, 0.25) is 0 Å². The van der Waals surface area contributed by atoms with Gasteiger partial charge in [0.25, 0.3) is 0 Å². The zero-order chi connectivity index (χ0) is 10.4. The minimum Gasteiger partial charge on any atom is -0.396 e. The summed E-state index contributed by atoms with van der Waals surface area (Å²) in [4.78, 5) is 2.37. The van der Waals surface area contributed by atoms with E-state index >= 15 is 0 Å². The molecule has 3 nitrogen and oxygen atoms in total. The van der Waals surface area contributed by atoms with Crippen molar-refractivity contribution in [2.45, 2.75) is 32.3 Å². The van der Waals surface area contributed by atoms with Crippen LogP contribution in [0.1, 0.15) is 26.7 Å². The van der Waals surface area contributed by atoms with Gasteiger partial charge in [-0.2, -0.15) is 0 Å². The Morgan fingerprint density at radius 3 is 2.14 bits per heavy atom. The van der Waals surface area contributed by atoms with Crippen molar-refractivity contribution in [3.8, 4) is 0 Å². The number of nitrogens with zero attached hydrogens (tertiary/aromatic N) is 1. The second-order valence-corrected chi connectivity index (χ2v) is 5.42. The molecule has 3 fully saturated rings. The summed E-state index contributed by atoms with van der Waals surface area (Å²) in [6.45, 7) is 6.93. The van der Waals surface area contributed by atoms with E-state index in [1.807, 2.05) is 13.8 Å². The second kappa shape index (κ2) is 3.19. The van der Waals surface area contributed by atoms with Crippen LogP contribution in [0.15, 0.2) is 0 Å². The van der Waals surface area contributed by atoms with Crippen LogP contribution in [0.4, 0.5) is 0 Å². The maximum Gasteiger partial charge on any atom is 0.0684 e. The van der Waals surface area contributed by atoms with Gasteiger partial charge in [0.1, 0.15) is 0 Å². The molecule has 0 spiro atoms. The van der Waals surface area contributed by atoms with Gasteiger partial charge < -0.3 is 15.1 Å². The van der Waals surface area contributed by atoms with E-state index in [9.17, 15) is 10.2 Å². The highest BCUT2D eigenvalue weighted by Gasteiger charge is 2.54. The van der Waals surface area contributed by atoms with Crippen molar-refractivity contribution in [3.63, 3.8) is 0 Å². The van der Waals surface area contributed by atoms with Crippen LogP contribution in [0.3, 0.4) is 0 Å². The molecule has 1 atom stereocenters. The Balaban J connectivity index is 2.28. The summed E-state index contributed by atoms with van der Waals surface area (Å²) in [5.41, 5.74) is -1.06. The molecular formula is C11H21NO2. The summed E-state index contributed by atoms with van der Waals surface area (Å²) in [6.07, 6.45) is 2.26. The number of hydrogen-bond donors (Lipinski definition) is 2. The lowest BCUT2D eigenvalue weighted by Gasteiger charge is -2.57. The van der Waals surface area contributed by atoms with E-state index in [1.165, 1.54) is 0 Å². The average molecular weight is 199 g/mol. The minimum atomic E-state index is -0.772. The normalized spacial score (nSPS) is 42.9. The maximum atomic E-state index is 10.2. The fourth-order valence-corrected chi connectivity index (χ4v) is 3.24. The van der Waals surface area contributed by atoms with Gasteiger partial charge in [0.15, 0.2) is 0 Å². The Kier molecular flexibility index (Phi) is 2.37. The molecule has 0 aromatic rings. The largest absolute Gasteiger partial charge is 0.396 e. The SMILES string of the molecule is CC(C)(O)C1(CO)CN2CCC1CC2. The second-order valence-electron chi connectivity index (χ2n) is 5.42. The predicted molar refractivity (Wildman–Crippen MR) is 55.0 cm³/mol. The van der Waals surface area contributed by atoms with Crippen LogP contribution in [0.5, 0.6) is 0 Å². The molecule has 3 heterocycles. The van der Waals surface area contributed by atoms with E-state index in [4.69, 9.17) is 0 Å². The van der Waals surface area contributed by atoms with E-state index < -0.39 is 5.60 Å². The van der Waals surface area contributed by atoms with Crippen molar-refractivity contribution >= 4 is 0 Å². The monoisotopic (exact) mass is 199 g/mol. The Bertz CT molecular complexity index is 216. The van der Waals surface area contributed by atoms with Gasteiger partial charge in [-0.3, -0.25) is 0 Å². The molecular weight excluding hydrogens is 178 g/mol. The third kappa shape index (κ3) is 1.30. The van der Waals surface area contributed by atoms with Crippen LogP contribution >= 0.6 is 0 Å². The number of aliphatic hydroxyl groups is 2. The number of piperidine rings is 3. The van der Waals surface area contributed by atoms with Crippen molar-refractivity contribution in [3.05, 3.63) is 0 Å². The zero-order valence-corrected chi connectivity index (χ0v) is 9.16. The third-order valence-electron chi connectivity index (χ3n) is 4.38. The van der Waals surface area contributed by atoms with Crippen molar-refractivity contribution < 1.29 is 10.2 Å². The molecule has 3 saturated heterocycles. The van der Waals surface area contributed by atoms with Crippen molar-refractivity contribution in [2.75, 3.05) is 26.2 Å². The van der Waals surface area contributed by atoms with E-state index in [1.54, 1.807) is 0 Å². The van der Waals surface area contributed by atoms with E-state index in [0.29, 0.717) is 5.92 Å². The van der Waals surface area contributed by atoms with Crippen LogP contribution in [0.25, 0.3) is 0 Å². The average Bonchev–Trinajstić information content (AvgIpc) is 2.17. The number of fused-ring (bicyclic) bond motifs is 3. The summed E-state index contributed by atoms with van der Waals surface area (Å²) >= 11 is 0. The van der Waals surface area contributed by atoms with Crippen LogP contribution in [0, 0.1) is 11.3 Å². The lowest BCUT2D eigenvalue weighted by Crippen LogP contribution is -2.64. The Hall–Kier alpha value is -0.120. The summed E-state index contributed by atoms with van der Waals surface area (Å²) in [7, 11) is 0. The summed E-state index contributed by atoms with van der Waals surface area (Å²) in [5.74, 6) is 0.498. The van der Waals surface area contributed by atoms with Gasteiger partial charge in [0, 0.05) is 12.0 Å². The summed E-state index contributed by atoms with van der Waals surface area (Å²) < 4.78 is 0. The molecule has 0 aromatic heterocycles. The van der Waals surface area contributed by atoms with E-state index in [2.05, 4.69) is 4.90 Å². The highest BCUT2D eigenvalue weighted by molar-refractivity contribution is 5.05. The van der Waals surface area contributed by atoms with Crippen molar-refractivity contribution in [1.82, 2.24) is 4.90 Å². The molecule has 3 rings (SSSR count). The maximum absolute atomic E-state index is 10.2. The Labute approximate surface area is 85.7 Å². The molecule has 0 aromatic carbocycles. The lowest BCUT2D eigenvalue weighted by molar-refractivity contribution is -0.172. The first kappa shape index (κ1) is 10.4. The fraction of sp³-hybridized carbons (Fsp3) is 1.00. The molecule has 1 unspecified atom stereocenters. The van der Waals surface area contributed by atoms with Gasteiger partial charge in [0.05, 0.1) is 12.2 Å². The smallest absolute Gasteiger partial charge is 0.0684 e. The first-order valence-electron chi connectivity index (χ1n) is 5.55. The van der Waals surface area contributed by atoms with Gasteiger partial charge >= 0.3 is 0 Å². The molecule has 3 heteroatoms. The van der Waals surface area contributed by atoms with Gasteiger partial charge in [-0.1, -0.05) is 0 Å². The Morgan fingerprint density at radius 1 is 1.36 bits per heavy atom. The predicted octanol–water partition coefficient (Wildman–Crippen LogP) is 0.462. The Morgan fingerprint density at radius 2 is 1.93 bits per heavy atom. The standard InChI is InChI=1S/C11H21NO2/c1-10(2,14)11(8-13)7-12-5-3-9(11)4-6-12/h9,13-14H,3-8H2,1-2H3. The quantitative estimate of drug-likeness (QED) is 0.679. The molecule has 3 aliphatic rings. The molecule has 82 valence electrons. The first-order chi connectivity index (χ1) is 6.49. The molecule has 0 aliphatic carbocycles. The molecule has 14 heavy (non-hydrogen) atoms. The van der Waals surface area contributed by atoms with Crippen LogP contribution in [-0.2, 0) is 0 Å². The van der Waals surface area contributed by atoms with Gasteiger partial charge in [-0.25, -0.2) is 0 Å². The third-order valence-corrected chi connectivity index (χ3v) is 4.38. The summed E-state index contributed by atoms with van der Waals surface area (Å²) in [6, 6.07) is 0. The zero-order valence-electron chi connectivity index (χ0n) is 9.16. The highest BCUT2D eigenvalue weighted by Crippen LogP contribution is 2.48. The fourth-order valence-electron chi connectivity index (χ4n) is 3.24. The van der Waals surface area contributed by atoms with Crippen molar-refractivity contribution in [1.29, 1.82) is 0 Å².